The molecule has 0 aliphatic carbocycles. The lowest BCUT2D eigenvalue weighted by Crippen LogP contribution is -2.09. The van der Waals surface area contributed by atoms with Crippen molar-refractivity contribution in [3.05, 3.63) is 107 Å². The summed E-state index contributed by atoms with van der Waals surface area (Å²) in [4.78, 5) is 16.3. The van der Waals surface area contributed by atoms with Crippen molar-refractivity contribution in [1.82, 2.24) is 4.98 Å². The zero-order valence-electron chi connectivity index (χ0n) is 14.8. The fraction of sp³-hybridized carbons (Fsp3) is 0.125. The molecule has 1 N–H and O–H groups in total. The van der Waals surface area contributed by atoms with Crippen LogP contribution >= 0.6 is 0 Å². The molecule has 0 saturated carbocycles. The lowest BCUT2D eigenvalue weighted by molar-refractivity contribution is 0.0978. The van der Waals surface area contributed by atoms with Crippen LogP contribution in [-0.2, 0) is 0 Å². The Balaban J connectivity index is 1.79. The van der Waals surface area contributed by atoms with E-state index in [2.05, 4.69) is 48.4 Å². The molecule has 26 heavy (non-hydrogen) atoms. The number of aromatic amines is 1. The summed E-state index contributed by atoms with van der Waals surface area (Å²) in [5.41, 5.74) is 5.48. The second-order valence-electron chi connectivity index (χ2n) is 6.70. The predicted octanol–water partition coefficient (Wildman–Crippen LogP) is 5.88. The van der Waals surface area contributed by atoms with Crippen molar-refractivity contribution < 1.29 is 4.79 Å². The number of hydrogen-bond donors (Lipinski definition) is 1. The van der Waals surface area contributed by atoms with E-state index in [9.17, 15) is 4.79 Å². The molecule has 0 saturated heterocycles. The van der Waals surface area contributed by atoms with Gasteiger partial charge < -0.3 is 4.98 Å². The van der Waals surface area contributed by atoms with Crippen molar-refractivity contribution >= 4 is 16.7 Å². The van der Waals surface area contributed by atoms with Crippen LogP contribution < -0.4 is 0 Å². The lowest BCUT2D eigenvalue weighted by Gasteiger charge is -2.17. The van der Waals surface area contributed by atoms with Gasteiger partial charge in [0.25, 0.3) is 0 Å². The maximum Gasteiger partial charge on any atom is 0.163 e. The van der Waals surface area contributed by atoms with Crippen LogP contribution in [-0.4, -0.2) is 10.8 Å². The summed E-state index contributed by atoms with van der Waals surface area (Å²) in [5.74, 6) is 0.195. The first-order valence-corrected chi connectivity index (χ1v) is 8.94. The number of aryl methyl sites for hydroxylation is 1. The van der Waals surface area contributed by atoms with Crippen LogP contribution in [0.4, 0.5) is 0 Å². The Labute approximate surface area is 153 Å². The summed E-state index contributed by atoms with van der Waals surface area (Å²) >= 11 is 0. The minimum Gasteiger partial charge on any atom is -0.361 e. The molecule has 0 spiro atoms. The molecule has 0 amide bonds. The first-order valence-electron chi connectivity index (χ1n) is 8.94. The second kappa shape index (κ2) is 7.01. The van der Waals surface area contributed by atoms with Crippen LogP contribution in [0, 0.1) is 6.92 Å². The third-order valence-corrected chi connectivity index (χ3v) is 5.02. The van der Waals surface area contributed by atoms with Gasteiger partial charge in [-0.15, -0.1) is 0 Å². The molecule has 0 bridgehead atoms. The Bertz CT molecular complexity index is 1030. The van der Waals surface area contributed by atoms with Gasteiger partial charge >= 0.3 is 0 Å². The maximum atomic E-state index is 12.9. The molecule has 0 aliphatic rings. The Morgan fingerprint density at radius 2 is 1.58 bits per heavy atom. The van der Waals surface area contributed by atoms with Crippen LogP contribution in [0.3, 0.4) is 0 Å². The van der Waals surface area contributed by atoms with Crippen LogP contribution in [0.25, 0.3) is 10.9 Å². The molecule has 0 fully saturated rings. The molecular weight excluding hydrogens is 318 g/mol. The highest BCUT2D eigenvalue weighted by molar-refractivity contribution is 5.97. The largest absolute Gasteiger partial charge is 0.361 e. The topological polar surface area (TPSA) is 32.9 Å². The third kappa shape index (κ3) is 3.06. The summed E-state index contributed by atoms with van der Waals surface area (Å²) < 4.78 is 0. The fourth-order valence-electron chi connectivity index (χ4n) is 3.64. The molecule has 3 aromatic carbocycles. The third-order valence-electron chi connectivity index (χ3n) is 5.02. The van der Waals surface area contributed by atoms with Gasteiger partial charge in [-0.1, -0.05) is 78.9 Å². The van der Waals surface area contributed by atoms with Crippen molar-refractivity contribution in [2.24, 2.45) is 0 Å². The van der Waals surface area contributed by atoms with E-state index in [0.717, 1.165) is 11.1 Å². The van der Waals surface area contributed by atoms with Gasteiger partial charge in [0.2, 0.25) is 0 Å². The predicted molar refractivity (Wildman–Crippen MR) is 107 cm³/mol. The van der Waals surface area contributed by atoms with E-state index in [1.54, 1.807) is 0 Å². The summed E-state index contributed by atoms with van der Waals surface area (Å²) in [6, 6.07) is 26.2. The number of H-pyrrole nitrogens is 1. The number of para-hydroxylation sites is 1. The molecule has 1 heterocycles. The van der Waals surface area contributed by atoms with Gasteiger partial charge in [-0.25, -0.2) is 0 Å². The number of Topliss-reactive ketones (excluding diaryl/α,β-unsaturated/α-hetero) is 1. The molecule has 1 aromatic heterocycles. The highest BCUT2D eigenvalue weighted by Gasteiger charge is 2.22. The van der Waals surface area contributed by atoms with Gasteiger partial charge in [0.1, 0.15) is 0 Å². The van der Waals surface area contributed by atoms with E-state index in [1.807, 2.05) is 48.5 Å². The standard InChI is InChI=1S/C24H21NO/c1-17-9-8-14-20-22(16-25-24(17)20)21(18-10-4-2-5-11-18)15-23(26)19-12-6-3-7-13-19/h2-14,16,21,25H,15H2,1H3/t21-/m1/s1. The van der Waals surface area contributed by atoms with Crippen LogP contribution in [0.1, 0.15) is 39.4 Å². The number of carbonyl (C=O) groups is 1. The van der Waals surface area contributed by atoms with E-state index in [4.69, 9.17) is 0 Å². The molecule has 0 unspecified atom stereocenters. The number of benzene rings is 3. The number of fused-ring (bicyclic) bond motifs is 1. The molecule has 128 valence electrons. The SMILES string of the molecule is Cc1cccc2c([C@H](CC(=O)c3ccccc3)c3ccccc3)c[nH]c12. The van der Waals surface area contributed by atoms with Gasteiger partial charge in [-0.3, -0.25) is 4.79 Å². The van der Waals surface area contributed by atoms with Gasteiger partial charge in [0, 0.05) is 35.0 Å². The minimum atomic E-state index is 0.0273. The maximum absolute atomic E-state index is 12.9. The normalized spacial score (nSPS) is 12.2. The highest BCUT2D eigenvalue weighted by Crippen LogP contribution is 2.35. The van der Waals surface area contributed by atoms with Crippen LogP contribution in [0.5, 0.6) is 0 Å². The summed E-state index contributed by atoms with van der Waals surface area (Å²) in [6.07, 6.45) is 2.52. The number of carbonyl (C=O) groups excluding carboxylic acids is 1. The first-order chi connectivity index (χ1) is 12.7. The molecule has 1 atom stereocenters. The zero-order valence-corrected chi connectivity index (χ0v) is 14.8. The second-order valence-corrected chi connectivity index (χ2v) is 6.70. The molecule has 2 heteroatoms. The van der Waals surface area contributed by atoms with Gasteiger partial charge in [-0.05, 0) is 23.6 Å². The fourth-order valence-corrected chi connectivity index (χ4v) is 3.64. The Kier molecular flexibility index (Phi) is 4.40. The minimum absolute atomic E-state index is 0.0273. The van der Waals surface area contributed by atoms with Crippen molar-refractivity contribution in [1.29, 1.82) is 0 Å². The van der Waals surface area contributed by atoms with E-state index in [-0.39, 0.29) is 11.7 Å². The van der Waals surface area contributed by atoms with Gasteiger partial charge in [-0.2, -0.15) is 0 Å². The molecular formula is C24H21NO. The van der Waals surface area contributed by atoms with Crippen molar-refractivity contribution in [3.63, 3.8) is 0 Å². The van der Waals surface area contributed by atoms with E-state index in [1.165, 1.54) is 22.1 Å². The molecule has 0 aliphatic heterocycles. The van der Waals surface area contributed by atoms with Crippen molar-refractivity contribution in [2.45, 2.75) is 19.3 Å². The lowest BCUT2D eigenvalue weighted by atomic mass is 9.85. The monoisotopic (exact) mass is 339 g/mol. The number of nitrogens with one attached hydrogen (secondary N) is 1. The number of rotatable bonds is 5. The Morgan fingerprint density at radius 1 is 0.885 bits per heavy atom. The first kappa shape index (κ1) is 16.3. The number of ketones is 1. The van der Waals surface area contributed by atoms with Crippen molar-refractivity contribution in [2.75, 3.05) is 0 Å². The Morgan fingerprint density at radius 3 is 2.31 bits per heavy atom. The smallest absolute Gasteiger partial charge is 0.163 e. The zero-order chi connectivity index (χ0) is 17.9. The average molecular weight is 339 g/mol. The van der Waals surface area contributed by atoms with E-state index >= 15 is 0 Å². The summed E-state index contributed by atoms with van der Waals surface area (Å²) in [5, 5.41) is 1.19. The number of hydrogen-bond acceptors (Lipinski definition) is 1. The van der Waals surface area contributed by atoms with Crippen molar-refractivity contribution in [3.8, 4) is 0 Å². The Hall–Kier alpha value is -3.13. The number of aromatic nitrogens is 1. The highest BCUT2D eigenvalue weighted by atomic mass is 16.1. The average Bonchev–Trinajstić information content (AvgIpc) is 3.12. The molecule has 0 radical (unpaired) electrons. The van der Waals surface area contributed by atoms with E-state index in [0.29, 0.717) is 6.42 Å². The molecule has 4 aromatic rings. The van der Waals surface area contributed by atoms with Crippen LogP contribution in [0.15, 0.2) is 85.1 Å². The summed E-state index contributed by atoms with van der Waals surface area (Å²) in [7, 11) is 0. The molecule has 4 rings (SSSR count). The van der Waals surface area contributed by atoms with Gasteiger partial charge in [0.05, 0.1) is 0 Å². The quantitative estimate of drug-likeness (QED) is 0.452. The van der Waals surface area contributed by atoms with Crippen LogP contribution in [0.2, 0.25) is 0 Å². The van der Waals surface area contributed by atoms with Gasteiger partial charge in [0.15, 0.2) is 5.78 Å². The molecule has 2 nitrogen and oxygen atoms in total. The van der Waals surface area contributed by atoms with E-state index < -0.39 is 0 Å². The summed E-state index contributed by atoms with van der Waals surface area (Å²) in [6.45, 7) is 2.11.